The molecule has 0 atom stereocenters. The number of sulfonamides is 1. The van der Waals surface area contributed by atoms with Gasteiger partial charge in [-0.05, 0) is 48.1 Å². The lowest BCUT2D eigenvalue weighted by molar-refractivity contribution is 0.471. The van der Waals surface area contributed by atoms with Crippen LogP contribution >= 0.6 is 35.3 Å². The largest absolute Gasteiger partial charge is 0.356 e. The van der Waals surface area contributed by atoms with E-state index < -0.39 is 10.0 Å². The molecule has 0 saturated carbocycles. The Labute approximate surface area is 187 Å². The highest BCUT2D eigenvalue weighted by atomic mass is 127. The Morgan fingerprint density at radius 3 is 2.57 bits per heavy atom. The number of aliphatic imine (C=N–C) groups is 1. The van der Waals surface area contributed by atoms with Crippen LogP contribution in [0, 0.1) is 12.7 Å². The summed E-state index contributed by atoms with van der Waals surface area (Å²) in [6, 6.07) is 8.08. The number of aryl methyl sites for hydroxylation is 1. The van der Waals surface area contributed by atoms with Crippen LogP contribution in [0.25, 0.3) is 0 Å². The van der Waals surface area contributed by atoms with Crippen molar-refractivity contribution in [1.29, 1.82) is 0 Å². The van der Waals surface area contributed by atoms with Gasteiger partial charge >= 0.3 is 0 Å². The Balaban J connectivity index is 0.00000392. The first kappa shape index (κ1) is 24.8. The smallest absolute Gasteiger partial charge is 0.252 e. The minimum absolute atomic E-state index is 0. The number of nitrogens with zero attached hydrogens (tertiary/aromatic N) is 2. The van der Waals surface area contributed by atoms with Gasteiger partial charge in [0.1, 0.15) is 10.0 Å². The van der Waals surface area contributed by atoms with Gasteiger partial charge < -0.3 is 10.6 Å². The van der Waals surface area contributed by atoms with Gasteiger partial charge in [-0.15, -0.1) is 35.3 Å². The van der Waals surface area contributed by atoms with E-state index in [1.807, 2.05) is 6.92 Å². The fourth-order valence-electron chi connectivity index (χ4n) is 2.49. The molecule has 0 aliphatic heterocycles. The molecular formula is C18H26FIN4O2S2. The first-order chi connectivity index (χ1) is 12.8. The van der Waals surface area contributed by atoms with E-state index in [4.69, 9.17) is 0 Å². The van der Waals surface area contributed by atoms with Gasteiger partial charge in [-0.2, -0.15) is 4.31 Å². The first-order valence-electron chi connectivity index (χ1n) is 8.54. The number of rotatable bonds is 8. The van der Waals surface area contributed by atoms with E-state index in [2.05, 4.69) is 15.6 Å². The maximum atomic E-state index is 13.1. The lowest BCUT2D eigenvalue weighted by Gasteiger charge is -2.18. The molecule has 1 aromatic heterocycles. The zero-order chi connectivity index (χ0) is 19.9. The van der Waals surface area contributed by atoms with E-state index in [0.717, 1.165) is 17.5 Å². The Bertz CT molecular complexity index is 874. The lowest BCUT2D eigenvalue weighted by Crippen LogP contribution is -2.42. The van der Waals surface area contributed by atoms with Crippen molar-refractivity contribution in [1.82, 2.24) is 14.9 Å². The highest BCUT2D eigenvalue weighted by Crippen LogP contribution is 2.19. The minimum Gasteiger partial charge on any atom is -0.356 e. The number of likely N-dealkylation sites (N-methyl/N-ethyl adjacent to an activating group) is 1. The number of guanidine groups is 1. The van der Waals surface area contributed by atoms with Gasteiger partial charge in [0.15, 0.2) is 5.96 Å². The molecule has 2 aromatic rings. The topological polar surface area (TPSA) is 73.8 Å². The molecular weight excluding hydrogens is 514 g/mol. The molecule has 10 heteroatoms. The maximum Gasteiger partial charge on any atom is 0.252 e. The highest BCUT2D eigenvalue weighted by molar-refractivity contribution is 14.0. The first-order valence-corrected chi connectivity index (χ1v) is 10.9. The molecule has 0 unspecified atom stereocenters. The Morgan fingerprint density at radius 2 is 1.96 bits per heavy atom. The third kappa shape index (κ3) is 6.98. The second-order valence-corrected chi connectivity index (χ2v) is 9.22. The van der Waals surface area contributed by atoms with Crippen LogP contribution in [0.5, 0.6) is 0 Å². The van der Waals surface area contributed by atoms with Crippen molar-refractivity contribution in [3.63, 3.8) is 0 Å². The molecule has 0 spiro atoms. The van der Waals surface area contributed by atoms with E-state index in [-0.39, 0.29) is 29.8 Å². The SMILES string of the molecule is CN=C(NCCc1ccc(F)cc1C)NCCN(C)S(=O)(=O)c1cccs1.I. The molecule has 0 fully saturated rings. The zero-order valence-electron chi connectivity index (χ0n) is 16.1. The molecule has 1 heterocycles. The predicted octanol–water partition coefficient (Wildman–Crippen LogP) is 2.84. The fraction of sp³-hybridized carbons (Fsp3) is 0.389. The van der Waals surface area contributed by atoms with Crippen LogP contribution in [0.2, 0.25) is 0 Å². The second-order valence-electron chi connectivity index (χ2n) is 6.01. The quantitative estimate of drug-likeness (QED) is 0.307. The van der Waals surface area contributed by atoms with E-state index >= 15 is 0 Å². The van der Waals surface area contributed by atoms with E-state index in [0.29, 0.717) is 29.8 Å². The summed E-state index contributed by atoms with van der Waals surface area (Å²) in [7, 11) is -0.224. The average Bonchev–Trinajstić information content (AvgIpc) is 3.17. The normalized spacial score (nSPS) is 12.0. The van der Waals surface area contributed by atoms with Gasteiger partial charge in [0.05, 0.1) is 0 Å². The van der Waals surface area contributed by atoms with Crippen molar-refractivity contribution in [2.24, 2.45) is 4.99 Å². The van der Waals surface area contributed by atoms with E-state index in [1.54, 1.807) is 37.7 Å². The summed E-state index contributed by atoms with van der Waals surface area (Å²) in [5, 5.41) is 8.03. The maximum absolute atomic E-state index is 13.1. The number of hydrogen-bond acceptors (Lipinski definition) is 4. The molecule has 0 amide bonds. The molecule has 2 N–H and O–H groups in total. The van der Waals surface area contributed by atoms with Crippen molar-refractivity contribution >= 4 is 51.3 Å². The summed E-state index contributed by atoms with van der Waals surface area (Å²) < 4.78 is 39.5. The van der Waals surface area contributed by atoms with Gasteiger partial charge in [0.25, 0.3) is 10.0 Å². The fourth-order valence-corrected chi connectivity index (χ4v) is 4.86. The summed E-state index contributed by atoms with van der Waals surface area (Å²) >= 11 is 1.20. The van der Waals surface area contributed by atoms with Crippen LogP contribution in [0.1, 0.15) is 11.1 Å². The van der Waals surface area contributed by atoms with Gasteiger partial charge in [0.2, 0.25) is 0 Å². The summed E-state index contributed by atoms with van der Waals surface area (Å²) in [6.45, 7) is 3.26. The van der Waals surface area contributed by atoms with Crippen molar-refractivity contribution in [3.05, 3.63) is 52.7 Å². The van der Waals surface area contributed by atoms with Crippen molar-refractivity contribution < 1.29 is 12.8 Å². The minimum atomic E-state index is -3.44. The summed E-state index contributed by atoms with van der Waals surface area (Å²) in [6.07, 6.45) is 0.736. The van der Waals surface area contributed by atoms with Gasteiger partial charge in [-0.25, -0.2) is 12.8 Å². The lowest BCUT2D eigenvalue weighted by atomic mass is 10.1. The molecule has 0 radical (unpaired) electrons. The molecule has 0 aliphatic carbocycles. The van der Waals surface area contributed by atoms with E-state index in [1.165, 1.54) is 27.8 Å². The van der Waals surface area contributed by atoms with Crippen LogP contribution in [0.4, 0.5) is 4.39 Å². The van der Waals surface area contributed by atoms with Crippen molar-refractivity contribution in [3.8, 4) is 0 Å². The predicted molar refractivity (Wildman–Crippen MR) is 124 cm³/mol. The van der Waals surface area contributed by atoms with E-state index in [9.17, 15) is 12.8 Å². The summed E-state index contributed by atoms with van der Waals surface area (Å²) in [5.74, 6) is 0.361. The van der Waals surface area contributed by atoms with Crippen molar-refractivity contribution in [2.45, 2.75) is 17.6 Å². The number of halogens is 2. The van der Waals surface area contributed by atoms with Crippen LogP contribution in [-0.2, 0) is 16.4 Å². The van der Waals surface area contributed by atoms with Gasteiger partial charge in [-0.3, -0.25) is 4.99 Å². The highest BCUT2D eigenvalue weighted by Gasteiger charge is 2.21. The van der Waals surface area contributed by atoms with Crippen LogP contribution in [0.15, 0.2) is 44.9 Å². The van der Waals surface area contributed by atoms with Crippen LogP contribution in [0.3, 0.4) is 0 Å². The zero-order valence-corrected chi connectivity index (χ0v) is 20.1. The molecule has 0 aliphatic rings. The van der Waals surface area contributed by atoms with Crippen LogP contribution < -0.4 is 10.6 Å². The standard InChI is InChI=1S/C18H25FN4O2S2.HI/c1-14-13-16(19)7-6-15(14)8-9-21-18(20-2)22-10-11-23(3)27(24,25)17-5-4-12-26-17;/h4-7,12-13H,8-11H2,1-3H3,(H2,20,21,22);1H. The van der Waals surface area contributed by atoms with Gasteiger partial charge in [0, 0.05) is 33.7 Å². The van der Waals surface area contributed by atoms with Gasteiger partial charge in [-0.1, -0.05) is 12.1 Å². The Hall–Kier alpha value is -1.24. The summed E-state index contributed by atoms with van der Waals surface area (Å²) in [4.78, 5) is 4.13. The number of nitrogens with one attached hydrogen (secondary N) is 2. The molecule has 2 rings (SSSR count). The second kappa shape index (κ2) is 11.7. The monoisotopic (exact) mass is 540 g/mol. The molecule has 6 nitrogen and oxygen atoms in total. The molecule has 0 bridgehead atoms. The number of hydrogen-bond donors (Lipinski definition) is 2. The molecule has 156 valence electrons. The Kier molecular flexibility index (Phi) is 10.4. The number of thiophene rings is 1. The summed E-state index contributed by atoms with van der Waals surface area (Å²) in [5.41, 5.74) is 1.99. The third-order valence-electron chi connectivity index (χ3n) is 4.09. The van der Waals surface area contributed by atoms with Crippen LogP contribution in [-0.4, -0.2) is 52.4 Å². The number of benzene rings is 1. The Morgan fingerprint density at radius 1 is 1.25 bits per heavy atom. The van der Waals surface area contributed by atoms with Crippen molar-refractivity contribution in [2.75, 3.05) is 33.7 Å². The molecule has 0 saturated heterocycles. The third-order valence-corrected chi connectivity index (χ3v) is 7.32. The molecule has 1 aromatic carbocycles. The average molecular weight is 540 g/mol. The molecule has 28 heavy (non-hydrogen) atoms.